The Hall–Kier alpha value is -2.90. The Balaban J connectivity index is 1.12. The number of hydrogen-bond acceptors (Lipinski definition) is 6. The van der Waals surface area contributed by atoms with E-state index in [0.717, 1.165) is 88.1 Å². The van der Waals surface area contributed by atoms with E-state index in [1.165, 1.54) is 11.1 Å². The number of carbonyl (C=O) groups is 2. The van der Waals surface area contributed by atoms with Gasteiger partial charge in [-0.25, -0.2) is 0 Å². The minimum Gasteiger partial charge on any atom is -0.493 e. The highest BCUT2D eigenvalue weighted by molar-refractivity contribution is 5.95. The fraction of sp³-hybridized carbons (Fsp3) is 0.622. The third kappa shape index (κ3) is 5.04. The molecule has 5 aliphatic rings. The first-order valence-corrected chi connectivity index (χ1v) is 17.1. The van der Waals surface area contributed by atoms with E-state index in [1.54, 1.807) is 7.11 Å². The average molecular weight is 601 g/mol. The molecule has 2 aromatic rings. The van der Waals surface area contributed by atoms with E-state index in [4.69, 9.17) is 9.47 Å². The van der Waals surface area contributed by atoms with Gasteiger partial charge in [0.15, 0.2) is 17.3 Å². The lowest BCUT2D eigenvalue weighted by Gasteiger charge is -2.60. The second-order valence-corrected chi connectivity index (χ2v) is 14.0. The number of hydrogen-bond donors (Lipinski definition) is 1. The van der Waals surface area contributed by atoms with Crippen LogP contribution in [0.4, 0.5) is 0 Å². The Morgan fingerprint density at radius 2 is 1.89 bits per heavy atom. The van der Waals surface area contributed by atoms with Gasteiger partial charge in [-0.2, -0.15) is 0 Å². The average Bonchev–Trinajstić information content (AvgIpc) is 3.63. The van der Waals surface area contributed by atoms with Crippen molar-refractivity contribution in [2.45, 2.75) is 107 Å². The lowest BCUT2D eigenvalue weighted by Crippen LogP contribution is -2.69. The van der Waals surface area contributed by atoms with Gasteiger partial charge in [-0.1, -0.05) is 49.7 Å². The number of likely N-dealkylation sites (tertiary alicyclic amines) is 1. The molecule has 7 atom stereocenters. The van der Waals surface area contributed by atoms with Gasteiger partial charge < -0.3 is 19.5 Å². The molecule has 1 spiro atoms. The number of rotatable bonds is 13. The van der Waals surface area contributed by atoms with Crippen molar-refractivity contribution in [2.75, 3.05) is 26.7 Å². The molecule has 44 heavy (non-hydrogen) atoms. The Morgan fingerprint density at radius 1 is 1.09 bits per heavy atom. The maximum atomic E-state index is 14.0. The second kappa shape index (κ2) is 12.1. The molecule has 0 radical (unpaired) electrons. The van der Waals surface area contributed by atoms with E-state index >= 15 is 0 Å². The molecule has 1 amide bonds. The number of nitrogens with zero attached hydrogens (tertiary/aromatic N) is 2. The van der Waals surface area contributed by atoms with Crippen LogP contribution in [0.25, 0.3) is 0 Å². The lowest BCUT2D eigenvalue weighted by atomic mass is 9.51. The van der Waals surface area contributed by atoms with Crippen molar-refractivity contribution in [1.82, 2.24) is 9.80 Å². The number of benzene rings is 2. The molecule has 1 N–H and O–H groups in total. The molecule has 0 aromatic heterocycles. The van der Waals surface area contributed by atoms with Crippen molar-refractivity contribution in [2.24, 2.45) is 11.8 Å². The zero-order chi connectivity index (χ0) is 30.4. The third-order valence-electron chi connectivity index (χ3n) is 11.6. The fourth-order valence-corrected chi connectivity index (χ4v) is 9.30. The number of aliphatic hydroxyl groups excluding tert-OH is 1. The minimum absolute atomic E-state index is 0.0248. The lowest BCUT2D eigenvalue weighted by molar-refractivity contribution is -0.143. The van der Waals surface area contributed by atoms with Crippen LogP contribution in [0, 0.1) is 11.8 Å². The van der Waals surface area contributed by atoms with E-state index in [2.05, 4.69) is 28.9 Å². The summed E-state index contributed by atoms with van der Waals surface area (Å²) in [6, 6.07) is 14.2. The van der Waals surface area contributed by atoms with Crippen LogP contribution in [-0.2, 0) is 16.6 Å². The quantitative estimate of drug-likeness (QED) is 0.240. The van der Waals surface area contributed by atoms with E-state index in [9.17, 15) is 14.7 Å². The van der Waals surface area contributed by atoms with Crippen LogP contribution < -0.4 is 9.47 Å². The molecule has 3 aliphatic carbocycles. The molecule has 3 fully saturated rings. The van der Waals surface area contributed by atoms with Gasteiger partial charge in [0.25, 0.3) is 0 Å². The Morgan fingerprint density at radius 3 is 2.64 bits per heavy atom. The maximum Gasteiger partial charge on any atom is 0.222 e. The van der Waals surface area contributed by atoms with Gasteiger partial charge in [-0.15, -0.1) is 0 Å². The van der Waals surface area contributed by atoms with Gasteiger partial charge in [0, 0.05) is 54.4 Å². The number of aliphatic hydroxyl groups is 1. The highest BCUT2D eigenvalue weighted by atomic mass is 16.5. The van der Waals surface area contributed by atoms with Crippen molar-refractivity contribution in [3.63, 3.8) is 0 Å². The summed E-state index contributed by atoms with van der Waals surface area (Å²) in [6.07, 6.45) is 9.15. The number of piperidine rings is 1. The zero-order valence-electron chi connectivity index (χ0n) is 26.4. The normalized spacial score (nSPS) is 31.2. The van der Waals surface area contributed by atoms with Crippen molar-refractivity contribution in [1.29, 1.82) is 0 Å². The highest BCUT2D eigenvalue weighted by Gasteiger charge is 2.67. The summed E-state index contributed by atoms with van der Waals surface area (Å²) in [5.74, 6) is 2.95. The van der Waals surface area contributed by atoms with E-state index in [-0.39, 0.29) is 35.4 Å². The molecular weight excluding hydrogens is 552 g/mol. The molecule has 7 nitrogen and oxygen atoms in total. The molecule has 1 saturated heterocycles. The Bertz CT molecular complexity index is 1380. The summed E-state index contributed by atoms with van der Waals surface area (Å²) in [6.45, 7) is 4.93. The van der Waals surface area contributed by atoms with Gasteiger partial charge in [0.1, 0.15) is 6.10 Å². The topological polar surface area (TPSA) is 79.3 Å². The number of carbonyl (C=O) groups excluding carboxylic acids is 2. The van der Waals surface area contributed by atoms with Gasteiger partial charge in [-0.3, -0.25) is 14.5 Å². The van der Waals surface area contributed by atoms with E-state index in [1.807, 2.05) is 30.3 Å². The molecule has 2 heterocycles. The molecule has 2 aliphatic heterocycles. The number of amides is 1. The van der Waals surface area contributed by atoms with Gasteiger partial charge in [0.2, 0.25) is 5.91 Å². The molecule has 7 rings (SSSR count). The Kier molecular flexibility index (Phi) is 8.21. The fourth-order valence-electron chi connectivity index (χ4n) is 9.30. The molecular formula is C37H48N2O5. The largest absolute Gasteiger partial charge is 0.493 e. The first-order chi connectivity index (χ1) is 21.5. The van der Waals surface area contributed by atoms with E-state index < -0.39 is 0 Å². The Labute approximate surface area is 261 Å². The molecule has 236 valence electrons. The van der Waals surface area contributed by atoms with Gasteiger partial charge in [-0.05, 0) is 75.5 Å². The van der Waals surface area contributed by atoms with Crippen molar-refractivity contribution < 1.29 is 24.2 Å². The summed E-state index contributed by atoms with van der Waals surface area (Å²) in [5.41, 5.74) is 3.37. The summed E-state index contributed by atoms with van der Waals surface area (Å²) >= 11 is 0. The first-order valence-electron chi connectivity index (χ1n) is 17.1. The number of ketones is 1. The summed E-state index contributed by atoms with van der Waals surface area (Å²) in [4.78, 5) is 31.5. The minimum atomic E-state index is -0.134. The third-order valence-corrected chi connectivity index (χ3v) is 11.6. The predicted molar refractivity (Wildman–Crippen MR) is 169 cm³/mol. The SMILES string of the molecule is CCCCN(C(=O)CCCCC(=O)c1ccccc1)[C@H]1CC[C@H]2[C@H]3Cc4ccc(OC)c5c4[C@@]2(CCN3CC2CC2O)[C@H]1O5. The molecule has 2 saturated carbocycles. The van der Waals surface area contributed by atoms with Crippen LogP contribution in [0.5, 0.6) is 11.5 Å². The smallest absolute Gasteiger partial charge is 0.222 e. The molecule has 2 aromatic carbocycles. The van der Waals surface area contributed by atoms with Crippen LogP contribution in [0.3, 0.4) is 0 Å². The molecule has 7 heteroatoms. The summed E-state index contributed by atoms with van der Waals surface area (Å²) in [5, 5.41) is 10.1. The first kappa shape index (κ1) is 29.8. The van der Waals surface area contributed by atoms with Crippen LogP contribution in [0.2, 0.25) is 0 Å². The van der Waals surface area contributed by atoms with Crippen LogP contribution in [0.1, 0.15) is 92.6 Å². The van der Waals surface area contributed by atoms with Crippen molar-refractivity contribution in [3.05, 3.63) is 59.2 Å². The monoisotopic (exact) mass is 600 g/mol. The van der Waals surface area contributed by atoms with Gasteiger partial charge >= 0.3 is 0 Å². The second-order valence-electron chi connectivity index (χ2n) is 14.0. The summed E-state index contributed by atoms with van der Waals surface area (Å²) < 4.78 is 12.9. The predicted octanol–water partition coefficient (Wildman–Crippen LogP) is 5.56. The molecule has 2 unspecified atom stereocenters. The van der Waals surface area contributed by atoms with Gasteiger partial charge in [0.05, 0.1) is 19.3 Å². The van der Waals surface area contributed by atoms with Crippen molar-refractivity contribution in [3.8, 4) is 11.5 Å². The number of Topliss-reactive ketones (excluding diaryl/α,β-unsaturated/α-hetero) is 1. The summed E-state index contributed by atoms with van der Waals surface area (Å²) in [7, 11) is 1.73. The number of unbranched alkanes of at least 4 members (excludes halogenated alkanes) is 2. The highest BCUT2D eigenvalue weighted by Crippen LogP contribution is 2.64. The van der Waals surface area contributed by atoms with E-state index in [0.29, 0.717) is 37.1 Å². The van der Waals surface area contributed by atoms with Crippen LogP contribution >= 0.6 is 0 Å². The maximum absolute atomic E-state index is 14.0. The molecule has 2 bridgehead atoms. The number of ether oxygens (including phenoxy) is 2. The zero-order valence-corrected chi connectivity index (χ0v) is 26.4. The number of methoxy groups -OCH3 is 1. The standard InChI is InChI=1S/C37H48N2O5/c1-3-4-19-39(33(42)13-9-8-12-30(40)24-10-6-5-7-11-24)28-16-15-27-29-21-25-14-17-32(43-2)35-34(25)37(27,36(28)44-35)18-20-38(29)23-26-22-31(26)41/h5-7,10-11,14,17,26-29,31,36,41H,3-4,8-9,12-13,15-16,18-23H2,1-2H3/t26?,27-,28-,29+,31?,36-,37-/m0/s1. The van der Waals surface area contributed by atoms with Crippen LogP contribution in [-0.4, -0.2) is 77.6 Å². The van der Waals surface area contributed by atoms with Crippen molar-refractivity contribution >= 4 is 11.7 Å². The van der Waals surface area contributed by atoms with Crippen LogP contribution in [0.15, 0.2) is 42.5 Å².